The molecule has 0 spiro atoms. The number of allylic oxidation sites excluding steroid dienone is 1. The van der Waals surface area contributed by atoms with Crippen LogP contribution in [0.3, 0.4) is 0 Å². The molecule has 0 aromatic rings. The van der Waals surface area contributed by atoms with E-state index < -0.39 is 8.07 Å². The summed E-state index contributed by atoms with van der Waals surface area (Å²) in [6.07, 6.45) is 4.43. The maximum atomic E-state index is 11.5. The highest BCUT2D eigenvalue weighted by atomic mass is 28.3. The van der Waals surface area contributed by atoms with Gasteiger partial charge in [-0.05, 0) is 5.54 Å². The highest BCUT2D eigenvalue weighted by Gasteiger charge is 2.48. The summed E-state index contributed by atoms with van der Waals surface area (Å²) in [6, 6.07) is 0. The van der Waals surface area contributed by atoms with Crippen molar-refractivity contribution in [3.8, 4) is 0 Å². The second kappa shape index (κ2) is 2.71. The summed E-state index contributed by atoms with van der Waals surface area (Å²) in [5, 5.41) is 0. The van der Waals surface area contributed by atoms with Crippen molar-refractivity contribution in [2.75, 3.05) is 6.61 Å². The molecule has 13 heavy (non-hydrogen) atoms. The van der Waals surface area contributed by atoms with Crippen LogP contribution in [-0.4, -0.2) is 20.7 Å². The van der Waals surface area contributed by atoms with Gasteiger partial charge in [-0.1, -0.05) is 31.8 Å². The summed E-state index contributed by atoms with van der Waals surface area (Å²) < 4.78 is 5.08. The summed E-state index contributed by atoms with van der Waals surface area (Å²) in [7, 11) is -1.24. The quantitative estimate of drug-likeness (QED) is 0.364. The number of carbonyl (C=O) groups is 1. The molecule has 3 atom stereocenters. The van der Waals surface area contributed by atoms with Crippen LogP contribution in [0.4, 0.5) is 0 Å². The van der Waals surface area contributed by atoms with Gasteiger partial charge in [0.2, 0.25) is 0 Å². The lowest BCUT2D eigenvalue weighted by Crippen LogP contribution is -2.33. The number of carbonyl (C=O) groups excluding carboxylic acids is 1. The third-order valence-corrected chi connectivity index (χ3v) is 5.66. The van der Waals surface area contributed by atoms with Crippen molar-refractivity contribution in [1.82, 2.24) is 0 Å². The zero-order valence-corrected chi connectivity index (χ0v) is 9.41. The van der Waals surface area contributed by atoms with Crippen molar-refractivity contribution in [3.63, 3.8) is 0 Å². The molecule has 0 radical (unpaired) electrons. The van der Waals surface area contributed by atoms with Crippen LogP contribution < -0.4 is 0 Å². The van der Waals surface area contributed by atoms with Crippen molar-refractivity contribution in [2.24, 2.45) is 11.8 Å². The van der Waals surface area contributed by atoms with Gasteiger partial charge in [0.05, 0.1) is 20.6 Å². The summed E-state index contributed by atoms with van der Waals surface area (Å²) >= 11 is 0. The molecule has 1 saturated heterocycles. The van der Waals surface area contributed by atoms with Crippen molar-refractivity contribution in [1.29, 1.82) is 0 Å². The number of fused-ring (bicyclic) bond motifs is 1. The van der Waals surface area contributed by atoms with E-state index in [0.717, 1.165) is 0 Å². The van der Waals surface area contributed by atoms with Crippen molar-refractivity contribution < 1.29 is 9.53 Å². The molecule has 1 fully saturated rings. The molecule has 1 heterocycles. The van der Waals surface area contributed by atoms with E-state index in [1.54, 1.807) is 0 Å². The molecule has 1 aliphatic heterocycles. The first-order valence-electron chi connectivity index (χ1n) is 4.85. The largest absolute Gasteiger partial charge is 0.465 e. The average molecular weight is 196 g/mol. The highest BCUT2D eigenvalue weighted by Crippen LogP contribution is 2.45. The number of rotatable bonds is 1. The van der Waals surface area contributed by atoms with Crippen molar-refractivity contribution in [2.45, 2.75) is 25.2 Å². The fourth-order valence-corrected chi connectivity index (χ4v) is 4.50. The van der Waals surface area contributed by atoms with Gasteiger partial charge in [-0.3, -0.25) is 4.79 Å². The number of cyclic esters (lactones) is 1. The Bertz CT molecular complexity index is 265. The third-order valence-electron chi connectivity index (χ3n) is 3.10. The summed E-state index contributed by atoms with van der Waals surface area (Å²) in [5.74, 6) is 0.568. The van der Waals surface area contributed by atoms with Gasteiger partial charge in [-0.2, -0.15) is 0 Å². The maximum absolute atomic E-state index is 11.5. The second-order valence-corrected chi connectivity index (χ2v) is 10.5. The predicted molar refractivity (Wildman–Crippen MR) is 54.2 cm³/mol. The minimum absolute atomic E-state index is 0.0300. The standard InChI is InChI=1S/C10H16O2Si/c1-13(2,3)8-5-4-7-6-12-10(11)9(7)8/h4-5,7-9H,6H2,1-3H3/t7-,8+,9+/m0/s1. The Labute approximate surface area is 80.0 Å². The van der Waals surface area contributed by atoms with Gasteiger partial charge in [0, 0.05) is 5.92 Å². The summed E-state index contributed by atoms with van der Waals surface area (Å²) in [4.78, 5) is 11.5. The minimum Gasteiger partial charge on any atom is -0.465 e. The van der Waals surface area contributed by atoms with Gasteiger partial charge in [0.1, 0.15) is 0 Å². The van der Waals surface area contributed by atoms with Gasteiger partial charge in [-0.15, -0.1) is 0 Å². The maximum Gasteiger partial charge on any atom is 0.309 e. The van der Waals surface area contributed by atoms with Crippen LogP contribution >= 0.6 is 0 Å². The predicted octanol–water partition coefficient (Wildman–Crippen LogP) is 2.05. The normalized spacial score (nSPS) is 37.8. The van der Waals surface area contributed by atoms with Crippen molar-refractivity contribution >= 4 is 14.0 Å². The Hall–Kier alpha value is -0.573. The second-order valence-electron chi connectivity index (χ2n) is 5.10. The Morgan fingerprint density at radius 3 is 2.69 bits per heavy atom. The fraction of sp³-hybridized carbons (Fsp3) is 0.700. The molecular formula is C10H16O2Si. The first-order valence-corrected chi connectivity index (χ1v) is 8.43. The number of esters is 1. The number of hydrogen-bond donors (Lipinski definition) is 0. The van der Waals surface area contributed by atoms with E-state index >= 15 is 0 Å². The Morgan fingerprint density at radius 2 is 2.08 bits per heavy atom. The Kier molecular flexibility index (Phi) is 1.87. The Morgan fingerprint density at radius 1 is 1.38 bits per heavy atom. The minimum atomic E-state index is -1.24. The number of hydrogen-bond acceptors (Lipinski definition) is 2. The van der Waals surface area contributed by atoms with E-state index in [4.69, 9.17) is 4.74 Å². The van der Waals surface area contributed by atoms with Crippen LogP contribution in [0, 0.1) is 11.8 Å². The zero-order chi connectivity index (χ0) is 9.64. The van der Waals surface area contributed by atoms with E-state index in [1.165, 1.54) is 0 Å². The third kappa shape index (κ3) is 1.35. The first kappa shape index (κ1) is 9.00. The van der Waals surface area contributed by atoms with Crippen LogP contribution in [0.5, 0.6) is 0 Å². The van der Waals surface area contributed by atoms with E-state index in [2.05, 4.69) is 31.8 Å². The molecule has 0 N–H and O–H groups in total. The Balaban J connectivity index is 2.24. The lowest BCUT2D eigenvalue weighted by atomic mass is 9.99. The molecule has 0 saturated carbocycles. The summed E-state index contributed by atoms with van der Waals surface area (Å²) in [5.41, 5.74) is 0.493. The molecule has 3 heteroatoms. The molecule has 1 aliphatic carbocycles. The first-order chi connectivity index (χ1) is 6.00. The molecule has 2 aliphatic rings. The van der Waals surface area contributed by atoms with Crippen LogP contribution in [-0.2, 0) is 9.53 Å². The lowest BCUT2D eigenvalue weighted by molar-refractivity contribution is -0.141. The fourth-order valence-electron chi connectivity index (χ4n) is 2.35. The summed E-state index contributed by atoms with van der Waals surface area (Å²) in [6.45, 7) is 7.56. The molecule has 2 nitrogen and oxygen atoms in total. The highest BCUT2D eigenvalue weighted by molar-refractivity contribution is 6.78. The molecule has 0 amide bonds. The monoisotopic (exact) mass is 196 g/mol. The van der Waals surface area contributed by atoms with Gasteiger partial charge < -0.3 is 4.74 Å². The van der Waals surface area contributed by atoms with E-state index in [1.807, 2.05) is 0 Å². The van der Waals surface area contributed by atoms with Gasteiger partial charge in [0.15, 0.2) is 0 Å². The molecular weight excluding hydrogens is 180 g/mol. The molecule has 0 bridgehead atoms. The molecule has 72 valence electrons. The average Bonchev–Trinajstić information content (AvgIpc) is 2.51. The van der Waals surface area contributed by atoms with E-state index in [9.17, 15) is 4.79 Å². The number of ether oxygens (including phenoxy) is 1. The van der Waals surface area contributed by atoms with E-state index in [-0.39, 0.29) is 11.9 Å². The van der Waals surface area contributed by atoms with E-state index in [0.29, 0.717) is 18.1 Å². The van der Waals surface area contributed by atoms with Crippen molar-refractivity contribution in [3.05, 3.63) is 12.2 Å². The SMILES string of the molecule is C[Si](C)(C)[C@@H]1C=C[C@H]2COC(=O)[C@@H]12. The van der Waals surface area contributed by atoms with Crippen LogP contribution in [0.1, 0.15) is 0 Å². The topological polar surface area (TPSA) is 26.3 Å². The van der Waals surface area contributed by atoms with Crippen LogP contribution in [0.15, 0.2) is 12.2 Å². The molecule has 0 aromatic heterocycles. The molecule has 0 aromatic carbocycles. The van der Waals surface area contributed by atoms with Gasteiger partial charge >= 0.3 is 5.97 Å². The molecule has 0 unspecified atom stereocenters. The zero-order valence-electron chi connectivity index (χ0n) is 8.41. The van der Waals surface area contributed by atoms with Crippen LogP contribution in [0.25, 0.3) is 0 Å². The van der Waals surface area contributed by atoms with Crippen LogP contribution in [0.2, 0.25) is 25.2 Å². The lowest BCUT2D eigenvalue weighted by Gasteiger charge is -2.27. The van der Waals surface area contributed by atoms with Gasteiger partial charge in [0.25, 0.3) is 0 Å². The molecule has 2 rings (SSSR count). The van der Waals surface area contributed by atoms with Gasteiger partial charge in [-0.25, -0.2) is 0 Å². The smallest absolute Gasteiger partial charge is 0.309 e.